The van der Waals surface area contributed by atoms with Crippen LogP contribution in [-0.2, 0) is 4.79 Å². The van der Waals surface area contributed by atoms with Gasteiger partial charge in [-0.2, -0.15) is 0 Å². The number of piperidine rings is 1. The normalized spacial score (nSPS) is 18.4. The highest BCUT2D eigenvalue weighted by atomic mass is 32.2. The molecule has 1 aromatic carbocycles. The van der Waals surface area contributed by atoms with Gasteiger partial charge in [-0.05, 0) is 49.9 Å². The Balaban J connectivity index is 1.47. The zero-order valence-electron chi connectivity index (χ0n) is 11.4. The molecule has 4 heteroatoms. The second-order valence-corrected chi connectivity index (χ2v) is 6.38. The molecule has 1 aromatic rings. The van der Waals surface area contributed by atoms with Gasteiger partial charge in [0, 0.05) is 18.0 Å². The van der Waals surface area contributed by atoms with Gasteiger partial charge in [0.2, 0.25) is 5.91 Å². The molecule has 1 saturated heterocycles. The number of hydrogen-bond donors (Lipinski definition) is 0. The molecular weight excluding hydrogens is 273 g/mol. The van der Waals surface area contributed by atoms with Gasteiger partial charge in [0.1, 0.15) is 5.82 Å². The third-order valence-corrected chi connectivity index (χ3v) is 4.89. The van der Waals surface area contributed by atoms with Gasteiger partial charge in [-0.1, -0.05) is 11.1 Å². The SMILES string of the molecule is O=C(CSc1ccc(F)cc1)N1CCC(=C2CC2)CC1. The molecule has 0 unspecified atom stereocenters. The molecule has 1 amide bonds. The Bertz CT molecular complexity index is 522. The standard InChI is InChI=1S/C16H18FNOS/c17-14-3-5-15(6-4-14)20-11-16(19)18-9-7-13(8-10-18)12-1-2-12/h3-6H,1-2,7-11H2. The minimum Gasteiger partial charge on any atom is -0.341 e. The smallest absolute Gasteiger partial charge is 0.232 e. The van der Waals surface area contributed by atoms with Gasteiger partial charge in [0.05, 0.1) is 5.75 Å². The summed E-state index contributed by atoms with van der Waals surface area (Å²) in [4.78, 5) is 15.0. The maximum atomic E-state index is 12.8. The fourth-order valence-corrected chi connectivity index (χ4v) is 3.36. The monoisotopic (exact) mass is 291 g/mol. The molecule has 106 valence electrons. The van der Waals surface area contributed by atoms with Crippen LogP contribution in [0.3, 0.4) is 0 Å². The predicted octanol–water partition coefficient (Wildman–Crippen LogP) is 3.63. The molecule has 0 spiro atoms. The molecule has 2 nitrogen and oxygen atoms in total. The maximum Gasteiger partial charge on any atom is 0.232 e. The lowest BCUT2D eigenvalue weighted by Gasteiger charge is -2.28. The average molecular weight is 291 g/mol. The number of amides is 1. The fraction of sp³-hybridized carbons (Fsp3) is 0.438. The first-order valence-electron chi connectivity index (χ1n) is 7.08. The summed E-state index contributed by atoms with van der Waals surface area (Å²) >= 11 is 1.48. The first-order chi connectivity index (χ1) is 9.72. The van der Waals surface area contributed by atoms with E-state index in [1.165, 1.54) is 36.7 Å². The van der Waals surface area contributed by atoms with Crippen molar-refractivity contribution < 1.29 is 9.18 Å². The first-order valence-corrected chi connectivity index (χ1v) is 8.07. The number of rotatable bonds is 3. The van der Waals surface area contributed by atoms with Gasteiger partial charge in [-0.15, -0.1) is 11.8 Å². The van der Waals surface area contributed by atoms with Crippen LogP contribution in [0.25, 0.3) is 0 Å². The van der Waals surface area contributed by atoms with Crippen molar-refractivity contribution in [3.05, 3.63) is 41.2 Å². The van der Waals surface area contributed by atoms with E-state index in [1.807, 2.05) is 4.90 Å². The predicted molar refractivity (Wildman–Crippen MR) is 79.2 cm³/mol. The van der Waals surface area contributed by atoms with Gasteiger partial charge in [-0.3, -0.25) is 4.79 Å². The molecule has 1 aliphatic heterocycles. The van der Waals surface area contributed by atoms with Gasteiger partial charge in [0.15, 0.2) is 0 Å². The highest BCUT2D eigenvalue weighted by molar-refractivity contribution is 8.00. The average Bonchev–Trinajstić information content (AvgIpc) is 3.31. The molecule has 3 rings (SSSR count). The van der Waals surface area contributed by atoms with Crippen molar-refractivity contribution >= 4 is 17.7 Å². The number of hydrogen-bond acceptors (Lipinski definition) is 2. The third-order valence-electron chi connectivity index (χ3n) is 3.90. The number of nitrogens with zero attached hydrogens (tertiary/aromatic N) is 1. The van der Waals surface area contributed by atoms with Crippen LogP contribution in [0.2, 0.25) is 0 Å². The van der Waals surface area contributed by atoms with Crippen LogP contribution >= 0.6 is 11.8 Å². The number of carbonyl (C=O) groups excluding carboxylic acids is 1. The summed E-state index contributed by atoms with van der Waals surface area (Å²) in [6.45, 7) is 1.73. The van der Waals surface area contributed by atoms with Crippen molar-refractivity contribution in [2.45, 2.75) is 30.6 Å². The molecule has 0 bridgehead atoms. The molecule has 0 aromatic heterocycles. The summed E-state index contributed by atoms with van der Waals surface area (Å²) in [5.74, 6) is 0.397. The van der Waals surface area contributed by atoms with E-state index in [0.717, 1.165) is 30.8 Å². The topological polar surface area (TPSA) is 20.3 Å². The van der Waals surface area contributed by atoms with E-state index in [1.54, 1.807) is 23.3 Å². The molecule has 20 heavy (non-hydrogen) atoms. The van der Waals surface area contributed by atoms with Crippen LogP contribution < -0.4 is 0 Å². The number of carbonyl (C=O) groups is 1. The lowest BCUT2D eigenvalue weighted by molar-refractivity contribution is -0.128. The molecule has 1 aliphatic carbocycles. The van der Waals surface area contributed by atoms with E-state index < -0.39 is 0 Å². The first kappa shape index (κ1) is 13.7. The van der Waals surface area contributed by atoms with Crippen LogP contribution in [0.4, 0.5) is 4.39 Å². The molecule has 0 N–H and O–H groups in total. The summed E-state index contributed by atoms with van der Waals surface area (Å²) < 4.78 is 12.8. The Morgan fingerprint density at radius 3 is 2.25 bits per heavy atom. The van der Waals surface area contributed by atoms with Gasteiger partial charge in [0.25, 0.3) is 0 Å². The van der Waals surface area contributed by atoms with Crippen LogP contribution in [0, 0.1) is 5.82 Å². The summed E-state index contributed by atoms with van der Waals surface area (Å²) in [5, 5.41) is 0. The molecule has 0 radical (unpaired) electrons. The highest BCUT2D eigenvalue weighted by Gasteiger charge is 2.24. The zero-order valence-corrected chi connectivity index (χ0v) is 12.2. The minimum atomic E-state index is -0.239. The van der Waals surface area contributed by atoms with Crippen molar-refractivity contribution in [1.29, 1.82) is 0 Å². The molecule has 1 saturated carbocycles. The Hall–Kier alpha value is -1.29. The molecule has 2 fully saturated rings. The summed E-state index contributed by atoms with van der Waals surface area (Å²) in [6, 6.07) is 6.31. The van der Waals surface area contributed by atoms with Crippen molar-refractivity contribution in [1.82, 2.24) is 4.90 Å². The van der Waals surface area contributed by atoms with E-state index in [0.29, 0.717) is 5.75 Å². The van der Waals surface area contributed by atoms with Gasteiger partial charge >= 0.3 is 0 Å². The number of benzene rings is 1. The third kappa shape index (κ3) is 3.42. The van der Waals surface area contributed by atoms with E-state index in [4.69, 9.17) is 0 Å². The summed E-state index contributed by atoms with van der Waals surface area (Å²) in [5.41, 5.74) is 3.23. The molecular formula is C16H18FNOS. The van der Waals surface area contributed by atoms with Gasteiger partial charge in [-0.25, -0.2) is 4.39 Å². The van der Waals surface area contributed by atoms with E-state index in [2.05, 4.69) is 0 Å². The maximum absolute atomic E-state index is 12.8. The number of allylic oxidation sites excluding steroid dienone is 1. The minimum absolute atomic E-state index is 0.194. The van der Waals surface area contributed by atoms with Crippen molar-refractivity contribution in [3.8, 4) is 0 Å². The fourth-order valence-electron chi connectivity index (χ4n) is 2.56. The molecule has 1 heterocycles. The Labute approximate surface area is 123 Å². The Morgan fingerprint density at radius 1 is 1.05 bits per heavy atom. The molecule has 2 aliphatic rings. The lowest BCUT2D eigenvalue weighted by atomic mass is 10.0. The number of halogens is 1. The highest BCUT2D eigenvalue weighted by Crippen LogP contribution is 2.36. The van der Waals surface area contributed by atoms with Crippen molar-refractivity contribution in [2.24, 2.45) is 0 Å². The number of thioether (sulfide) groups is 1. The summed E-state index contributed by atoms with van der Waals surface area (Å²) in [7, 11) is 0. The largest absolute Gasteiger partial charge is 0.341 e. The van der Waals surface area contributed by atoms with E-state index >= 15 is 0 Å². The van der Waals surface area contributed by atoms with Crippen LogP contribution in [0.15, 0.2) is 40.3 Å². The molecule has 0 atom stereocenters. The van der Waals surface area contributed by atoms with E-state index in [9.17, 15) is 9.18 Å². The number of likely N-dealkylation sites (tertiary alicyclic amines) is 1. The second-order valence-electron chi connectivity index (χ2n) is 5.33. The van der Waals surface area contributed by atoms with E-state index in [-0.39, 0.29) is 11.7 Å². The summed E-state index contributed by atoms with van der Waals surface area (Å²) in [6.07, 6.45) is 4.68. The van der Waals surface area contributed by atoms with Crippen LogP contribution in [0.1, 0.15) is 25.7 Å². The zero-order chi connectivity index (χ0) is 13.9. The van der Waals surface area contributed by atoms with Crippen LogP contribution in [-0.4, -0.2) is 29.6 Å². The Morgan fingerprint density at radius 2 is 1.65 bits per heavy atom. The quantitative estimate of drug-likeness (QED) is 0.626. The lowest BCUT2D eigenvalue weighted by Crippen LogP contribution is -2.37. The Kier molecular flexibility index (Phi) is 4.10. The van der Waals surface area contributed by atoms with Crippen LogP contribution in [0.5, 0.6) is 0 Å². The van der Waals surface area contributed by atoms with Gasteiger partial charge < -0.3 is 4.90 Å². The van der Waals surface area contributed by atoms with Crippen molar-refractivity contribution in [3.63, 3.8) is 0 Å². The second kappa shape index (κ2) is 6.00. The van der Waals surface area contributed by atoms with Crippen molar-refractivity contribution in [2.75, 3.05) is 18.8 Å².